The summed E-state index contributed by atoms with van der Waals surface area (Å²) in [6.07, 6.45) is 6.86. The van der Waals surface area contributed by atoms with E-state index in [0.29, 0.717) is 6.54 Å². The molecular weight excluding hydrogens is 356 g/mol. The van der Waals surface area contributed by atoms with Gasteiger partial charge in [-0.2, -0.15) is 0 Å². The van der Waals surface area contributed by atoms with E-state index in [1.807, 2.05) is 29.2 Å². The largest absolute Gasteiger partial charge is 0.497 e. The summed E-state index contributed by atoms with van der Waals surface area (Å²) in [5, 5.41) is 0. The Morgan fingerprint density at radius 3 is 2.32 bits per heavy atom. The number of likely N-dealkylation sites (tertiary alicyclic amines) is 2. The lowest BCUT2D eigenvalue weighted by Crippen LogP contribution is -2.43. The maximum Gasteiger partial charge on any atom is 0.243 e. The maximum atomic E-state index is 13.0. The zero-order valence-electron chi connectivity index (χ0n) is 15.9. The highest BCUT2D eigenvalue weighted by molar-refractivity contribution is 6.08. The van der Waals surface area contributed by atoms with Crippen LogP contribution in [0.5, 0.6) is 5.75 Å². The highest BCUT2D eigenvalue weighted by atomic mass is 16.5. The molecule has 0 spiro atoms. The second-order valence-electron chi connectivity index (χ2n) is 8.28. The fourth-order valence-electron chi connectivity index (χ4n) is 5.58. The molecule has 3 amide bonds. The van der Waals surface area contributed by atoms with E-state index in [-0.39, 0.29) is 54.0 Å². The van der Waals surface area contributed by atoms with Crippen LogP contribution < -0.4 is 4.74 Å². The van der Waals surface area contributed by atoms with Crippen molar-refractivity contribution in [3.8, 4) is 5.75 Å². The first-order valence-corrected chi connectivity index (χ1v) is 10.1. The number of amides is 3. The number of methoxy groups -OCH3 is 1. The third-order valence-electron chi connectivity index (χ3n) is 6.93. The Bertz CT molecular complexity index is 832. The summed E-state index contributed by atoms with van der Waals surface area (Å²) >= 11 is 0. The molecule has 146 valence electrons. The molecule has 2 aliphatic heterocycles. The van der Waals surface area contributed by atoms with Gasteiger partial charge in [0.1, 0.15) is 12.3 Å². The molecule has 0 N–H and O–H groups in total. The summed E-state index contributed by atoms with van der Waals surface area (Å²) in [5.74, 6) is 0.192. The van der Waals surface area contributed by atoms with Gasteiger partial charge in [0.2, 0.25) is 17.7 Å². The number of benzene rings is 1. The summed E-state index contributed by atoms with van der Waals surface area (Å²) < 4.78 is 5.21. The molecule has 1 aromatic carbocycles. The molecule has 28 heavy (non-hydrogen) atoms. The van der Waals surface area contributed by atoms with E-state index in [4.69, 9.17) is 4.74 Å². The number of hydrogen-bond acceptors (Lipinski definition) is 4. The Labute approximate surface area is 164 Å². The first kappa shape index (κ1) is 17.5. The molecule has 2 bridgehead atoms. The lowest BCUT2D eigenvalue weighted by Gasteiger charge is -2.27. The van der Waals surface area contributed by atoms with Crippen molar-refractivity contribution in [1.29, 1.82) is 0 Å². The molecule has 2 aliphatic carbocycles. The molecule has 3 fully saturated rings. The standard InChI is InChI=1S/C22H24N2O4/c1-28-16-8-6-13(7-9-16)17-3-2-10-23(17)18(25)12-24-21(26)19-14-4-5-15(11-14)20(19)22(24)27/h4-9,14-15,17,19-20H,2-3,10-12H2,1H3. The second kappa shape index (κ2) is 6.47. The number of nitrogens with zero attached hydrogens (tertiary/aromatic N) is 2. The number of carbonyl (C=O) groups is 3. The van der Waals surface area contributed by atoms with E-state index in [2.05, 4.69) is 12.2 Å². The third kappa shape index (κ3) is 2.50. The van der Waals surface area contributed by atoms with Crippen LogP contribution >= 0.6 is 0 Å². The van der Waals surface area contributed by atoms with Crippen LogP contribution in [0.1, 0.15) is 30.9 Å². The molecule has 0 aromatic heterocycles. The monoisotopic (exact) mass is 380 g/mol. The Kier molecular flexibility index (Phi) is 4.03. The van der Waals surface area contributed by atoms with Crippen molar-refractivity contribution in [1.82, 2.24) is 9.80 Å². The number of allylic oxidation sites excluding steroid dienone is 2. The van der Waals surface area contributed by atoms with Crippen LogP contribution in [0.15, 0.2) is 36.4 Å². The summed E-state index contributed by atoms with van der Waals surface area (Å²) in [4.78, 5) is 41.8. The van der Waals surface area contributed by atoms with Gasteiger partial charge in [-0.15, -0.1) is 0 Å². The normalized spacial score (nSPS) is 33.1. The molecule has 1 saturated carbocycles. The first-order valence-electron chi connectivity index (χ1n) is 10.1. The van der Waals surface area contributed by atoms with Gasteiger partial charge >= 0.3 is 0 Å². The number of rotatable bonds is 4. The summed E-state index contributed by atoms with van der Waals surface area (Å²) in [6.45, 7) is 0.530. The van der Waals surface area contributed by atoms with Crippen LogP contribution in [0.4, 0.5) is 0 Å². The van der Waals surface area contributed by atoms with Gasteiger partial charge in [-0.25, -0.2) is 0 Å². The number of imide groups is 1. The number of ether oxygens (including phenoxy) is 1. The Hall–Kier alpha value is -2.63. The van der Waals surface area contributed by atoms with Crippen molar-refractivity contribution in [2.75, 3.05) is 20.2 Å². The van der Waals surface area contributed by atoms with Crippen LogP contribution in [0.3, 0.4) is 0 Å². The predicted octanol–water partition coefficient (Wildman–Crippen LogP) is 2.17. The van der Waals surface area contributed by atoms with Gasteiger partial charge in [0, 0.05) is 6.54 Å². The Morgan fingerprint density at radius 2 is 1.71 bits per heavy atom. The number of carbonyl (C=O) groups excluding carboxylic acids is 3. The molecule has 2 saturated heterocycles. The van der Waals surface area contributed by atoms with Gasteiger partial charge in [-0.05, 0) is 48.8 Å². The van der Waals surface area contributed by atoms with Gasteiger partial charge in [-0.1, -0.05) is 24.3 Å². The van der Waals surface area contributed by atoms with Crippen LogP contribution in [0.2, 0.25) is 0 Å². The smallest absolute Gasteiger partial charge is 0.243 e. The quantitative estimate of drug-likeness (QED) is 0.593. The minimum Gasteiger partial charge on any atom is -0.497 e. The van der Waals surface area contributed by atoms with Gasteiger partial charge in [0.05, 0.1) is 25.0 Å². The van der Waals surface area contributed by atoms with Crippen LogP contribution in [-0.2, 0) is 14.4 Å². The summed E-state index contributed by atoms with van der Waals surface area (Å²) in [6, 6.07) is 7.74. The highest BCUT2D eigenvalue weighted by Gasteiger charge is 2.59. The summed E-state index contributed by atoms with van der Waals surface area (Å²) in [7, 11) is 1.63. The molecule has 5 unspecified atom stereocenters. The number of fused-ring (bicyclic) bond motifs is 5. The van der Waals surface area contributed by atoms with Crippen molar-refractivity contribution in [3.05, 3.63) is 42.0 Å². The minimum atomic E-state index is -0.244. The molecule has 5 atom stereocenters. The zero-order valence-corrected chi connectivity index (χ0v) is 15.9. The Balaban J connectivity index is 1.31. The van der Waals surface area contributed by atoms with Crippen molar-refractivity contribution in [2.24, 2.45) is 23.7 Å². The van der Waals surface area contributed by atoms with Crippen molar-refractivity contribution in [3.63, 3.8) is 0 Å². The van der Waals surface area contributed by atoms with E-state index in [1.54, 1.807) is 7.11 Å². The molecule has 1 aromatic rings. The molecule has 2 heterocycles. The van der Waals surface area contributed by atoms with Crippen LogP contribution in [0.25, 0.3) is 0 Å². The molecule has 6 heteroatoms. The van der Waals surface area contributed by atoms with Crippen molar-refractivity contribution in [2.45, 2.75) is 25.3 Å². The van der Waals surface area contributed by atoms with Gasteiger partial charge in [-0.3, -0.25) is 19.3 Å². The lowest BCUT2D eigenvalue weighted by molar-refractivity contribution is -0.147. The zero-order chi connectivity index (χ0) is 19.4. The molecule has 5 rings (SSSR count). The SMILES string of the molecule is COc1ccc(C2CCCN2C(=O)CN2C(=O)C3C4C=CC(C4)C3C2=O)cc1. The van der Waals surface area contributed by atoms with E-state index >= 15 is 0 Å². The van der Waals surface area contributed by atoms with Gasteiger partial charge in [0.15, 0.2) is 0 Å². The van der Waals surface area contributed by atoms with E-state index in [9.17, 15) is 14.4 Å². The van der Waals surface area contributed by atoms with E-state index < -0.39 is 0 Å². The van der Waals surface area contributed by atoms with Gasteiger partial charge < -0.3 is 9.64 Å². The third-order valence-corrected chi connectivity index (χ3v) is 6.93. The van der Waals surface area contributed by atoms with Crippen molar-refractivity contribution >= 4 is 17.7 Å². The average Bonchev–Trinajstić information content (AvgIpc) is 3.49. The van der Waals surface area contributed by atoms with Crippen LogP contribution in [0, 0.1) is 23.7 Å². The maximum absolute atomic E-state index is 13.0. The first-order chi connectivity index (χ1) is 13.6. The fourth-order valence-corrected chi connectivity index (χ4v) is 5.58. The topological polar surface area (TPSA) is 66.9 Å². The molecule has 6 nitrogen and oxygen atoms in total. The minimum absolute atomic E-state index is 0.0106. The van der Waals surface area contributed by atoms with E-state index in [0.717, 1.165) is 30.6 Å². The highest BCUT2D eigenvalue weighted by Crippen LogP contribution is 2.52. The fraction of sp³-hybridized carbons (Fsp3) is 0.500. The molecule has 4 aliphatic rings. The number of hydrogen-bond donors (Lipinski definition) is 0. The second-order valence-corrected chi connectivity index (χ2v) is 8.28. The molecular formula is C22H24N2O4. The lowest BCUT2D eigenvalue weighted by atomic mass is 9.85. The average molecular weight is 380 g/mol. The van der Waals surface area contributed by atoms with Gasteiger partial charge in [0.25, 0.3) is 0 Å². The van der Waals surface area contributed by atoms with Crippen LogP contribution in [-0.4, -0.2) is 47.7 Å². The summed E-state index contributed by atoms with van der Waals surface area (Å²) in [5.41, 5.74) is 1.06. The molecule has 0 radical (unpaired) electrons. The van der Waals surface area contributed by atoms with E-state index in [1.165, 1.54) is 4.90 Å². The Morgan fingerprint density at radius 1 is 1.07 bits per heavy atom. The predicted molar refractivity (Wildman–Crippen MR) is 101 cm³/mol. The van der Waals surface area contributed by atoms with Crippen molar-refractivity contribution < 1.29 is 19.1 Å².